The summed E-state index contributed by atoms with van der Waals surface area (Å²) in [5, 5.41) is 1.13. The number of imidazole rings is 1. The molecule has 0 spiro atoms. The maximum absolute atomic E-state index is 6.02. The van der Waals surface area contributed by atoms with Crippen molar-refractivity contribution in [3.8, 4) is 0 Å². The van der Waals surface area contributed by atoms with Crippen molar-refractivity contribution >= 4 is 27.8 Å². The Kier molecular flexibility index (Phi) is 2.66. The van der Waals surface area contributed by atoms with Gasteiger partial charge < -0.3 is 10.3 Å². The van der Waals surface area contributed by atoms with Crippen LogP contribution in [0, 0.1) is 12.8 Å². The maximum atomic E-state index is 6.02. The number of hydrogen-bond donors (Lipinski definition) is 1. The molecule has 2 aromatic heterocycles. The Bertz CT molecular complexity index is 756. The third-order valence-corrected chi connectivity index (χ3v) is 3.29. The fourth-order valence-electron chi connectivity index (χ4n) is 2.50. The molecule has 0 aliphatic carbocycles. The van der Waals surface area contributed by atoms with E-state index >= 15 is 0 Å². The van der Waals surface area contributed by atoms with Gasteiger partial charge in [0.1, 0.15) is 5.52 Å². The van der Waals surface area contributed by atoms with Crippen LogP contribution in [0.25, 0.3) is 21.9 Å². The lowest BCUT2D eigenvalue weighted by Gasteiger charge is -2.10. The highest BCUT2D eigenvalue weighted by atomic mass is 15.1. The fourth-order valence-corrected chi connectivity index (χ4v) is 2.50. The molecule has 0 fully saturated rings. The maximum Gasteiger partial charge on any atom is 0.152 e. The van der Waals surface area contributed by atoms with Crippen molar-refractivity contribution in [2.75, 3.05) is 5.73 Å². The normalized spacial score (nSPS) is 11.8. The quantitative estimate of drug-likeness (QED) is 0.764. The zero-order valence-corrected chi connectivity index (χ0v) is 11.5. The van der Waals surface area contributed by atoms with Crippen LogP contribution in [0.1, 0.15) is 19.4 Å². The minimum atomic E-state index is 0.508. The number of aromatic nitrogens is 3. The number of aryl methyl sites for hydroxylation is 1. The van der Waals surface area contributed by atoms with Gasteiger partial charge in [-0.15, -0.1) is 0 Å². The van der Waals surface area contributed by atoms with Crippen LogP contribution in [-0.2, 0) is 6.54 Å². The number of hydrogen-bond acceptors (Lipinski definition) is 3. The molecule has 2 heterocycles. The molecule has 3 aromatic rings. The molecule has 0 unspecified atom stereocenters. The first-order chi connectivity index (χ1) is 9.06. The largest absolute Gasteiger partial charge is 0.382 e. The number of nitrogens with zero attached hydrogens (tertiary/aromatic N) is 3. The summed E-state index contributed by atoms with van der Waals surface area (Å²) in [5.74, 6) is 1.07. The van der Waals surface area contributed by atoms with E-state index in [-0.39, 0.29) is 0 Å². The number of fused-ring (bicyclic) bond motifs is 3. The van der Waals surface area contributed by atoms with Crippen LogP contribution in [0.3, 0.4) is 0 Å². The topological polar surface area (TPSA) is 56.7 Å². The summed E-state index contributed by atoms with van der Waals surface area (Å²) >= 11 is 0. The molecule has 2 N–H and O–H groups in total. The molecule has 4 heteroatoms. The van der Waals surface area contributed by atoms with Gasteiger partial charge in [-0.1, -0.05) is 25.5 Å². The van der Waals surface area contributed by atoms with E-state index in [0.29, 0.717) is 11.7 Å². The molecule has 3 rings (SSSR count). The number of benzene rings is 1. The molecule has 0 aliphatic heterocycles. The van der Waals surface area contributed by atoms with Crippen molar-refractivity contribution in [1.29, 1.82) is 0 Å². The van der Waals surface area contributed by atoms with Crippen LogP contribution < -0.4 is 5.73 Å². The number of rotatable bonds is 2. The lowest BCUT2D eigenvalue weighted by Crippen LogP contribution is -2.03. The van der Waals surface area contributed by atoms with Crippen LogP contribution in [0.5, 0.6) is 0 Å². The minimum Gasteiger partial charge on any atom is -0.382 e. The van der Waals surface area contributed by atoms with Crippen LogP contribution in [0.4, 0.5) is 5.82 Å². The predicted octanol–water partition coefficient (Wildman–Crippen LogP) is 3.13. The number of anilines is 1. The van der Waals surface area contributed by atoms with E-state index in [1.165, 1.54) is 5.56 Å². The fraction of sp³-hybridized carbons (Fsp3) is 0.333. The Morgan fingerprint density at radius 2 is 2.11 bits per heavy atom. The van der Waals surface area contributed by atoms with Crippen LogP contribution >= 0.6 is 0 Å². The van der Waals surface area contributed by atoms with Crippen molar-refractivity contribution in [3.05, 3.63) is 30.1 Å². The molecule has 0 atom stereocenters. The smallest absolute Gasteiger partial charge is 0.152 e. The van der Waals surface area contributed by atoms with Gasteiger partial charge in [-0.2, -0.15) is 0 Å². The standard InChI is InChI=1S/C15H18N4/c1-9(2)7-19-8-17-13-14(19)11-6-10(3)4-5-12(11)18-15(13)16/h4-6,8-9H,7H2,1-3H3,(H2,16,18). The third-order valence-electron chi connectivity index (χ3n) is 3.29. The first kappa shape index (κ1) is 12.0. The van der Waals surface area contributed by atoms with Gasteiger partial charge >= 0.3 is 0 Å². The van der Waals surface area contributed by atoms with Gasteiger partial charge in [0, 0.05) is 11.9 Å². The third kappa shape index (κ3) is 1.93. The number of pyridine rings is 1. The van der Waals surface area contributed by atoms with Gasteiger partial charge in [0.2, 0.25) is 0 Å². The zero-order chi connectivity index (χ0) is 13.6. The van der Waals surface area contributed by atoms with Gasteiger partial charge in [-0.3, -0.25) is 0 Å². The van der Waals surface area contributed by atoms with Crippen LogP contribution in [0.2, 0.25) is 0 Å². The summed E-state index contributed by atoms with van der Waals surface area (Å²) in [6, 6.07) is 6.24. The van der Waals surface area contributed by atoms with E-state index < -0.39 is 0 Å². The minimum absolute atomic E-state index is 0.508. The molecule has 0 saturated heterocycles. The summed E-state index contributed by atoms with van der Waals surface area (Å²) in [6.07, 6.45) is 1.87. The van der Waals surface area contributed by atoms with Crippen molar-refractivity contribution < 1.29 is 0 Å². The molecular formula is C15H18N4. The molecular weight excluding hydrogens is 236 g/mol. The molecule has 1 aromatic carbocycles. The average Bonchev–Trinajstić information content (AvgIpc) is 2.74. The van der Waals surface area contributed by atoms with Crippen LogP contribution in [0.15, 0.2) is 24.5 Å². The summed E-state index contributed by atoms with van der Waals surface area (Å²) in [5.41, 5.74) is 10.1. The van der Waals surface area contributed by atoms with Gasteiger partial charge in [-0.05, 0) is 25.0 Å². The van der Waals surface area contributed by atoms with Gasteiger partial charge in [0.15, 0.2) is 5.82 Å². The van der Waals surface area contributed by atoms with Crippen molar-refractivity contribution in [2.45, 2.75) is 27.3 Å². The van der Waals surface area contributed by atoms with Crippen molar-refractivity contribution in [2.24, 2.45) is 5.92 Å². The molecule has 98 valence electrons. The summed E-state index contributed by atoms with van der Waals surface area (Å²) < 4.78 is 2.18. The van der Waals surface area contributed by atoms with Gasteiger partial charge in [0.25, 0.3) is 0 Å². The predicted molar refractivity (Wildman–Crippen MR) is 79.0 cm³/mol. The molecule has 0 saturated carbocycles. The molecule has 0 aliphatic rings. The first-order valence-electron chi connectivity index (χ1n) is 6.57. The molecule has 0 radical (unpaired) electrons. The molecule has 0 bridgehead atoms. The summed E-state index contributed by atoms with van der Waals surface area (Å²) in [7, 11) is 0. The highest BCUT2D eigenvalue weighted by Crippen LogP contribution is 2.28. The highest BCUT2D eigenvalue weighted by molar-refractivity contribution is 6.06. The summed E-state index contributed by atoms with van der Waals surface area (Å²) in [4.78, 5) is 8.87. The first-order valence-corrected chi connectivity index (χ1v) is 6.57. The lowest BCUT2D eigenvalue weighted by molar-refractivity contribution is 0.533. The van der Waals surface area contributed by atoms with Crippen molar-refractivity contribution in [1.82, 2.24) is 14.5 Å². The Morgan fingerprint density at radius 1 is 1.32 bits per heavy atom. The molecule has 0 amide bonds. The van der Waals surface area contributed by atoms with Crippen molar-refractivity contribution in [3.63, 3.8) is 0 Å². The second-order valence-corrected chi connectivity index (χ2v) is 5.51. The van der Waals surface area contributed by atoms with E-state index in [4.69, 9.17) is 5.73 Å². The van der Waals surface area contributed by atoms with E-state index in [0.717, 1.165) is 28.5 Å². The van der Waals surface area contributed by atoms with Gasteiger partial charge in [-0.25, -0.2) is 9.97 Å². The second-order valence-electron chi connectivity index (χ2n) is 5.51. The Hall–Kier alpha value is -2.10. The van der Waals surface area contributed by atoms with E-state index in [9.17, 15) is 0 Å². The zero-order valence-electron chi connectivity index (χ0n) is 11.5. The second kappa shape index (κ2) is 4.23. The lowest BCUT2D eigenvalue weighted by atomic mass is 10.1. The summed E-state index contributed by atoms with van der Waals surface area (Å²) in [6.45, 7) is 7.42. The average molecular weight is 254 g/mol. The van der Waals surface area contributed by atoms with E-state index in [1.807, 2.05) is 12.4 Å². The monoisotopic (exact) mass is 254 g/mol. The van der Waals surface area contributed by atoms with E-state index in [2.05, 4.69) is 47.4 Å². The highest BCUT2D eigenvalue weighted by Gasteiger charge is 2.12. The molecule has 4 nitrogen and oxygen atoms in total. The Balaban J connectivity index is 2.41. The SMILES string of the molecule is Cc1ccc2nc(N)c3ncn(CC(C)C)c3c2c1. The Morgan fingerprint density at radius 3 is 2.84 bits per heavy atom. The van der Waals surface area contributed by atoms with E-state index in [1.54, 1.807) is 0 Å². The molecule has 19 heavy (non-hydrogen) atoms. The van der Waals surface area contributed by atoms with Gasteiger partial charge in [0.05, 0.1) is 17.4 Å². The number of nitrogens with two attached hydrogens (primary N) is 1. The Labute approximate surface area is 112 Å². The number of nitrogen functional groups attached to an aromatic ring is 1. The van der Waals surface area contributed by atoms with Crippen LogP contribution in [-0.4, -0.2) is 14.5 Å².